The Labute approximate surface area is 129 Å². The Morgan fingerprint density at radius 3 is 2.14 bits per heavy atom. The predicted molar refractivity (Wildman–Crippen MR) is 88.8 cm³/mol. The van der Waals surface area contributed by atoms with Crippen molar-refractivity contribution in [1.29, 1.82) is 0 Å². The minimum Gasteiger partial charge on any atom is -0.329 e. The van der Waals surface area contributed by atoms with Crippen LogP contribution in [-0.4, -0.2) is 37.6 Å². The highest BCUT2D eigenvalue weighted by molar-refractivity contribution is 7.89. The van der Waals surface area contributed by atoms with Gasteiger partial charge in [0.15, 0.2) is 0 Å². The largest absolute Gasteiger partial charge is 0.329 e. The molecule has 0 amide bonds. The Bertz CT molecular complexity index is 516. The molecule has 1 aromatic carbocycles. The average Bonchev–Trinajstić information content (AvgIpc) is 2.50. The normalized spacial score (nSPS) is 14.4. The predicted octanol–water partition coefficient (Wildman–Crippen LogP) is 2.57. The van der Waals surface area contributed by atoms with E-state index in [2.05, 4.69) is 0 Å². The van der Waals surface area contributed by atoms with Crippen LogP contribution in [-0.2, 0) is 10.0 Å². The lowest BCUT2D eigenvalue weighted by Gasteiger charge is -2.39. The lowest BCUT2D eigenvalue weighted by atomic mass is 9.93. The maximum Gasteiger partial charge on any atom is 0.214 e. The first kappa shape index (κ1) is 18.1. The van der Waals surface area contributed by atoms with E-state index in [0.29, 0.717) is 6.54 Å². The summed E-state index contributed by atoms with van der Waals surface area (Å²) < 4.78 is 26.9. The van der Waals surface area contributed by atoms with E-state index in [0.717, 1.165) is 18.4 Å². The van der Waals surface area contributed by atoms with Gasteiger partial charge in [-0.05, 0) is 24.3 Å². The summed E-state index contributed by atoms with van der Waals surface area (Å²) in [6, 6.07) is 9.74. The fourth-order valence-electron chi connectivity index (χ4n) is 2.71. The molecule has 0 aromatic heterocycles. The van der Waals surface area contributed by atoms with Gasteiger partial charge in [0.1, 0.15) is 0 Å². The van der Waals surface area contributed by atoms with Gasteiger partial charge in [-0.25, -0.2) is 8.42 Å². The summed E-state index contributed by atoms with van der Waals surface area (Å²) in [5.74, 6) is 0.0674. The molecule has 0 bridgehead atoms. The van der Waals surface area contributed by atoms with Gasteiger partial charge in [-0.15, -0.1) is 0 Å². The molecule has 0 heterocycles. The number of nitrogens with two attached hydrogens (primary N) is 1. The zero-order chi connectivity index (χ0) is 16.1. The van der Waals surface area contributed by atoms with Gasteiger partial charge in [0.2, 0.25) is 10.0 Å². The first-order valence-electron chi connectivity index (χ1n) is 7.54. The highest BCUT2D eigenvalue weighted by atomic mass is 32.2. The van der Waals surface area contributed by atoms with Crippen molar-refractivity contribution in [2.24, 2.45) is 5.73 Å². The minimum absolute atomic E-state index is 0.0390. The van der Waals surface area contributed by atoms with Gasteiger partial charge >= 0.3 is 0 Å². The highest BCUT2D eigenvalue weighted by Crippen LogP contribution is 2.27. The summed E-state index contributed by atoms with van der Waals surface area (Å²) in [7, 11) is -1.69. The Balaban J connectivity index is 2.95. The number of hydrogen-bond donors (Lipinski definition) is 1. The lowest BCUT2D eigenvalue weighted by Crippen LogP contribution is -2.54. The van der Waals surface area contributed by atoms with E-state index in [4.69, 9.17) is 5.73 Å². The van der Waals surface area contributed by atoms with Gasteiger partial charge in [0.25, 0.3) is 0 Å². The van der Waals surface area contributed by atoms with Crippen LogP contribution in [0.1, 0.15) is 45.1 Å². The second kappa shape index (κ2) is 7.38. The van der Waals surface area contributed by atoms with Gasteiger partial charge in [-0.2, -0.15) is 4.31 Å². The van der Waals surface area contributed by atoms with Gasteiger partial charge in [0, 0.05) is 19.1 Å². The van der Waals surface area contributed by atoms with E-state index in [1.807, 2.05) is 51.1 Å². The molecule has 4 nitrogen and oxygen atoms in total. The Hall–Kier alpha value is -0.910. The molecule has 0 radical (unpaired) electrons. The van der Waals surface area contributed by atoms with E-state index in [-0.39, 0.29) is 11.7 Å². The van der Waals surface area contributed by atoms with Crippen molar-refractivity contribution in [3.63, 3.8) is 0 Å². The molecular weight excluding hydrogens is 284 g/mol. The number of hydrogen-bond acceptors (Lipinski definition) is 3. The van der Waals surface area contributed by atoms with E-state index in [1.54, 1.807) is 7.05 Å². The second-order valence-electron chi connectivity index (χ2n) is 5.69. The second-order valence-corrected chi connectivity index (χ2v) is 7.74. The van der Waals surface area contributed by atoms with Crippen molar-refractivity contribution >= 4 is 10.0 Å². The summed E-state index contributed by atoms with van der Waals surface area (Å²) in [6.45, 7) is 6.27. The molecule has 1 rings (SSSR count). The summed E-state index contributed by atoms with van der Waals surface area (Å²) in [5.41, 5.74) is 6.43. The molecule has 21 heavy (non-hydrogen) atoms. The molecule has 0 aliphatic heterocycles. The number of nitrogens with zero attached hydrogens (tertiary/aromatic N) is 1. The molecule has 0 fully saturated rings. The van der Waals surface area contributed by atoms with Crippen LogP contribution in [0.5, 0.6) is 0 Å². The third-order valence-corrected chi connectivity index (χ3v) is 6.75. The monoisotopic (exact) mass is 312 g/mol. The number of likely N-dealkylation sites (N-methyl/N-ethyl adjacent to an activating group) is 1. The molecule has 0 saturated heterocycles. The number of benzene rings is 1. The average molecular weight is 312 g/mol. The van der Waals surface area contributed by atoms with Gasteiger partial charge in [0.05, 0.1) is 5.75 Å². The van der Waals surface area contributed by atoms with Crippen LogP contribution < -0.4 is 5.73 Å². The molecule has 0 aliphatic carbocycles. The Morgan fingerprint density at radius 2 is 1.71 bits per heavy atom. The molecule has 1 aromatic rings. The summed E-state index contributed by atoms with van der Waals surface area (Å²) >= 11 is 0. The van der Waals surface area contributed by atoms with Crippen molar-refractivity contribution < 1.29 is 8.42 Å². The van der Waals surface area contributed by atoms with Crippen LogP contribution in [0.25, 0.3) is 0 Å². The fraction of sp³-hybridized carbons (Fsp3) is 0.625. The highest BCUT2D eigenvalue weighted by Gasteiger charge is 2.37. The maximum atomic E-state index is 12.7. The van der Waals surface area contributed by atoms with Crippen molar-refractivity contribution in [3.8, 4) is 0 Å². The molecule has 5 heteroatoms. The third kappa shape index (κ3) is 4.05. The smallest absolute Gasteiger partial charge is 0.214 e. The minimum atomic E-state index is -3.35. The molecule has 0 saturated carbocycles. The quantitative estimate of drug-likeness (QED) is 0.802. The van der Waals surface area contributed by atoms with E-state index in [1.165, 1.54) is 4.31 Å². The number of sulfonamides is 1. The van der Waals surface area contributed by atoms with Crippen LogP contribution in [0.2, 0.25) is 0 Å². The molecule has 1 atom stereocenters. The van der Waals surface area contributed by atoms with Crippen LogP contribution >= 0.6 is 0 Å². The van der Waals surface area contributed by atoms with Crippen LogP contribution in [0.15, 0.2) is 30.3 Å². The van der Waals surface area contributed by atoms with Crippen molar-refractivity contribution in [1.82, 2.24) is 4.31 Å². The van der Waals surface area contributed by atoms with E-state index >= 15 is 0 Å². The summed E-state index contributed by atoms with van der Waals surface area (Å²) in [4.78, 5) is 0. The Kier molecular flexibility index (Phi) is 6.38. The van der Waals surface area contributed by atoms with Crippen molar-refractivity contribution in [2.45, 2.75) is 45.1 Å². The zero-order valence-corrected chi connectivity index (χ0v) is 14.4. The third-order valence-electron chi connectivity index (χ3n) is 4.61. The SMILES string of the molecule is CCC(CC)(CN)N(C)S(=O)(=O)CC(C)c1ccccc1. The van der Waals surface area contributed by atoms with Crippen LogP contribution in [0, 0.1) is 0 Å². The molecule has 1 unspecified atom stereocenters. The van der Waals surface area contributed by atoms with Crippen LogP contribution in [0.3, 0.4) is 0 Å². The zero-order valence-electron chi connectivity index (χ0n) is 13.5. The first-order valence-corrected chi connectivity index (χ1v) is 9.15. The maximum absolute atomic E-state index is 12.7. The first-order chi connectivity index (χ1) is 9.83. The summed E-state index contributed by atoms with van der Waals surface area (Å²) in [6.07, 6.45) is 1.44. The van der Waals surface area contributed by atoms with Gasteiger partial charge in [-0.3, -0.25) is 0 Å². The standard InChI is InChI=1S/C16H28N2O2S/c1-5-16(6-2,13-17)18(4)21(19,20)12-14(3)15-10-8-7-9-11-15/h7-11,14H,5-6,12-13,17H2,1-4H3. The fourth-order valence-corrected chi connectivity index (χ4v) is 4.68. The molecule has 120 valence electrons. The lowest BCUT2D eigenvalue weighted by molar-refractivity contribution is 0.207. The van der Waals surface area contributed by atoms with Crippen LogP contribution in [0.4, 0.5) is 0 Å². The van der Waals surface area contributed by atoms with Gasteiger partial charge < -0.3 is 5.73 Å². The van der Waals surface area contributed by atoms with E-state index in [9.17, 15) is 8.42 Å². The molecule has 0 spiro atoms. The van der Waals surface area contributed by atoms with E-state index < -0.39 is 15.6 Å². The topological polar surface area (TPSA) is 63.4 Å². The summed E-state index contributed by atoms with van der Waals surface area (Å²) in [5, 5.41) is 0. The van der Waals surface area contributed by atoms with Gasteiger partial charge in [-0.1, -0.05) is 51.1 Å². The molecular formula is C16H28N2O2S. The number of rotatable bonds is 8. The molecule has 2 N–H and O–H groups in total. The van der Waals surface area contributed by atoms with Crippen molar-refractivity contribution in [2.75, 3.05) is 19.3 Å². The Morgan fingerprint density at radius 1 is 1.19 bits per heavy atom. The van der Waals surface area contributed by atoms with Crippen molar-refractivity contribution in [3.05, 3.63) is 35.9 Å². The molecule has 0 aliphatic rings.